The minimum Gasteiger partial charge on any atom is -0.507 e. The smallest absolute Gasteiger partial charge is 0.131 e. The Morgan fingerprint density at radius 1 is 0.312 bits per heavy atom. The van der Waals surface area contributed by atoms with Gasteiger partial charge in [0.25, 0.3) is 0 Å². The van der Waals surface area contributed by atoms with Crippen molar-refractivity contribution in [3.05, 3.63) is 70.8 Å². The predicted molar refractivity (Wildman–Crippen MR) is 211 cm³/mol. The Balaban J connectivity index is 1.58. The average molecular weight is 647 g/mol. The van der Waals surface area contributed by atoms with Crippen LogP contribution in [-0.2, 0) is 25.7 Å². The lowest BCUT2D eigenvalue weighted by molar-refractivity contribution is 0.486. The Morgan fingerprint density at radius 3 is 0.896 bits per heavy atom. The maximum Gasteiger partial charge on any atom is 0.131 e. The Labute approximate surface area is 291 Å². The Kier molecular flexibility index (Phi) is 13.5. The molecule has 0 spiro atoms. The summed E-state index contributed by atoms with van der Waals surface area (Å²) in [6.07, 6.45) is 24.4. The molecule has 2 N–H and O–H groups in total. The molecule has 5 aromatic carbocycles. The third-order valence-electron chi connectivity index (χ3n) is 10.8. The molecular weight excluding hydrogens is 585 g/mol. The van der Waals surface area contributed by atoms with Crippen molar-refractivity contribution in [2.75, 3.05) is 0 Å². The number of benzene rings is 5. The summed E-state index contributed by atoms with van der Waals surface area (Å²) in [5, 5.41) is 31.4. The summed E-state index contributed by atoms with van der Waals surface area (Å²) >= 11 is 0. The molecule has 258 valence electrons. The van der Waals surface area contributed by atoms with Gasteiger partial charge in [-0.15, -0.1) is 0 Å². The molecule has 2 nitrogen and oxygen atoms in total. The molecule has 0 atom stereocenters. The van der Waals surface area contributed by atoms with Gasteiger partial charge in [-0.3, -0.25) is 0 Å². The van der Waals surface area contributed by atoms with Crippen molar-refractivity contribution in [2.45, 2.75) is 156 Å². The van der Waals surface area contributed by atoms with Gasteiger partial charge in [0.2, 0.25) is 0 Å². The molecule has 0 saturated carbocycles. The predicted octanol–water partition coefficient (Wildman–Crippen LogP) is 14.2. The lowest BCUT2D eigenvalue weighted by Crippen LogP contribution is -1.97. The molecule has 5 aromatic rings. The molecule has 0 radical (unpaired) electrons. The zero-order valence-electron chi connectivity index (χ0n) is 30.7. The summed E-state index contributed by atoms with van der Waals surface area (Å²) in [6, 6.07) is 18.0. The van der Waals surface area contributed by atoms with E-state index in [1.165, 1.54) is 125 Å². The van der Waals surface area contributed by atoms with E-state index in [-0.39, 0.29) is 0 Å². The van der Waals surface area contributed by atoms with Crippen molar-refractivity contribution >= 4 is 43.1 Å². The van der Waals surface area contributed by atoms with Crippen LogP contribution in [0.1, 0.15) is 153 Å². The standard InChI is InChI=1S/C46H62O2/c1-5-9-13-17-21-33-25-37-27-39-31-44-40(32-43(39)45(47)41(37)29-35(33)23-19-15-11-7-3)28-38-26-34(22-18-14-10-6-2)36(24-20-16-12-8-4)30-42(38)46(44)48/h25-32,47-48H,5-24H2,1-4H3. The summed E-state index contributed by atoms with van der Waals surface area (Å²) in [5.74, 6) is 0.741. The van der Waals surface area contributed by atoms with Crippen molar-refractivity contribution < 1.29 is 10.2 Å². The van der Waals surface area contributed by atoms with Gasteiger partial charge < -0.3 is 10.2 Å². The van der Waals surface area contributed by atoms with Crippen molar-refractivity contribution in [1.82, 2.24) is 0 Å². The minimum atomic E-state index is 0.371. The van der Waals surface area contributed by atoms with E-state index in [1.54, 1.807) is 0 Å². The van der Waals surface area contributed by atoms with Gasteiger partial charge in [-0.25, -0.2) is 0 Å². The molecule has 5 rings (SSSR count). The number of phenolic OH excluding ortho intramolecular Hbond substituents is 2. The molecule has 0 unspecified atom stereocenters. The number of aryl methyl sites for hydroxylation is 4. The van der Waals surface area contributed by atoms with E-state index in [0.717, 1.165) is 68.8 Å². The molecule has 0 aromatic heterocycles. The fourth-order valence-corrected chi connectivity index (χ4v) is 7.87. The first-order valence-electron chi connectivity index (χ1n) is 19.8. The van der Waals surface area contributed by atoms with Gasteiger partial charge >= 0.3 is 0 Å². The summed E-state index contributed by atoms with van der Waals surface area (Å²) in [6.45, 7) is 9.08. The summed E-state index contributed by atoms with van der Waals surface area (Å²) in [7, 11) is 0. The number of rotatable bonds is 20. The zero-order valence-corrected chi connectivity index (χ0v) is 30.7. The SMILES string of the molecule is CCCCCCc1cc2cc3cc4c(O)c5cc(CCCCCC)c(CCCCCC)cc5cc4cc3c(O)c2cc1CCCCCC. The Bertz CT molecular complexity index is 1660. The van der Waals surface area contributed by atoms with Crippen LogP contribution in [0.15, 0.2) is 48.5 Å². The van der Waals surface area contributed by atoms with E-state index in [2.05, 4.69) is 76.2 Å². The van der Waals surface area contributed by atoms with Gasteiger partial charge in [0.1, 0.15) is 11.5 Å². The molecule has 0 aliphatic carbocycles. The zero-order chi connectivity index (χ0) is 33.9. The van der Waals surface area contributed by atoms with E-state index in [0.29, 0.717) is 11.5 Å². The second-order valence-electron chi connectivity index (χ2n) is 14.7. The average Bonchev–Trinajstić information content (AvgIpc) is 3.09. The van der Waals surface area contributed by atoms with Gasteiger partial charge in [-0.1, -0.05) is 117 Å². The Hall–Kier alpha value is -3.26. The van der Waals surface area contributed by atoms with Gasteiger partial charge in [-0.05, 0) is 132 Å². The van der Waals surface area contributed by atoms with E-state index in [9.17, 15) is 10.2 Å². The highest BCUT2D eigenvalue weighted by atomic mass is 16.3. The van der Waals surface area contributed by atoms with Gasteiger partial charge in [0.15, 0.2) is 0 Å². The maximum atomic E-state index is 11.8. The highest BCUT2D eigenvalue weighted by molar-refractivity contribution is 6.14. The molecule has 48 heavy (non-hydrogen) atoms. The third kappa shape index (κ3) is 8.66. The molecule has 0 amide bonds. The molecule has 2 heteroatoms. The van der Waals surface area contributed by atoms with Crippen LogP contribution >= 0.6 is 0 Å². The fraction of sp³-hybridized carbons (Fsp3) is 0.522. The van der Waals surface area contributed by atoms with Crippen LogP contribution in [0.5, 0.6) is 11.5 Å². The van der Waals surface area contributed by atoms with Crippen molar-refractivity contribution in [3.63, 3.8) is 0 Å². The molecule has 0 aliphatic rings. The minimum absolute atomic E-state index is 0.371. The third-order valence-corrected chi connectivity index (χ3v) is 10.8. The van der Waals surface area contributed by atoms with Crippen LogP contribution in [0.25, 0.3) is 43.1 Å². The second kappa shape index (κ2) is 17.9. The van der Waals surface area contributed by atoms with E-state index in [4.69, 9.17) is 0 Å². The molecular formula is C46H62O2. The summed E-state index contributed by atoms with van der Waals surface area (Å²) in [5.41, 5.74) is 5.71. The van der Waals surface area contributed by atoms with Crippen LogP contribution in [0.3, 0.4) is 0 Å². The topological polar surface area (TPSA) is 40.5 Å². The van der Waals surface area contributed by atoms with Crippen LogP contribution in [-0.4, -0.2) is 10.2 Å². The van der Waals surface area contributed by atoms with E-state index < -0.39 is 0 Å². The van der Waals surface area contributed by atoms with Gasteiger partial charge in [0, 0.05) is 21.5 Å². The summed E-state index contributed by atoms with van der Waals surface area (Å²) < 4.78 is 0. The highest BCUT2D eigenvalue weighted by Crippen LogP contribution is 2.42. The fourth-order valence-electron chi connectivity index (χ4n) is 7.87. The first kappa shape index (κ1) is 36.0. The maximum absolute atomic E-state index is 11.8. The van der Waals surface area contributed by atoms with E-state index >= 15 is 0 Å². The summed E-state index contributed by atoms with van der Waals surface area (Å²) in [4.78, 5) is 0. The van der Waals surface area contributed by atoms with Crippen molar-refractivity contribution in [3.8, 4) is 11.5 Å². The number of hydrogen-bond donors (Lipinski definition) is 2. The lowest BCUT2D eigenvalue weighted by atomic mass is 9.89. The van der Waals surface area contributed by atoms with Crippen molar-refractivity contribution in [1.29, 1.82) is 0 Å². The van der Waals surface area contributed by atoms with Crippen LogP contribution in [0, 0.1) is 0 Å². The second-order valence-corrected chi connectivity index (χ2v) is 14.7. The number of hydrogen-bond acceptors (Lipinski definition) is 2. The first-order valence-corrected chi connectivity index (χ1v) is 19.8. The normalized spacial score (nSPS) is 11.9. The van der Waals surface area contributed by atoms with Gasteiger partial charge in [-0.2, -0.15) is 0 Å². The van der Waals surface area contributed by atoms with Crippen LogP contribution in [0.4, 0.5) is 0 Å². The van der Waals surface area contributed by atoms with Crippen molar-refractivity contribution in [2.24, 2.45) is 0 Å². The van der Waals surface area contributed by atoms with Crippen LogP contribution < -0.4 is 0 Å². The number of aromatic hydroxyl groups is 2. The van der Waals surface area contributed by atoms with E-state index in [1.807, 2.05) is 0 Å². The number of fused-ring (bicyclic) bond motifs is 4. The molecule has 0 saturated heterocycles. The first-order chi connectivity index (χ1) is 23.5. The quantitative estimate of drug-likeness (QED) is 0.0652. The number of phenols is 2. The van der Waals surface area contributed by atoms with Crippen LogP contribution in [0.2, 0.25) is 0 Å². The molecule has 0 heterocycles. The number of unbranched alkanes of at least 4 members (excludes halogenated alkanes) is 12. The largest absolute Gasteiger partial charge is 0.507 e. The molecule has 0 bridgehead atoms. The molecule has 0 fully saturated rings. The molecule has 0 aliphatic heterocycles. The van der Waals surface area contributed by atoms with Gasteiger partial charge in [0.05, 0.1) is 0 Å². The lowest BCUT2D eigenvalue weighted by Gasteiger charge is -2.16. The Morgan fingerprint density at radius 2 is 0.583 bits per heavy atom. The monoisotopic (exact) mass is 646 g/mol. The highest BCUT2D eigenvalue weighted by Gasteiger charge is 2.16.